The molecule has 74 valence electrons. The molecule has 0 amide bonds. The molecule has 1 rings (SSSR count). The van der Waals surface area contributed by atoms with Gasteiger partial charge in [0.15, 0.2) is 0 Å². The number of hydrogen-bond acceptors (Lipinski definition) is 2. The van der Waals surface area contributed by atoms with E-state index in [9.17, 15) is 5.11 Å². The summed E-state index contributed by atoms with van der Waals surface area (Å²) in [6.45, 7) is 6.35. The summed E-state index contributed by atoms with van der Waals surface area (Å²) in [5.41, 5.74) is 1.28. The number of aliphatic hydroxyl groups is 1. The molecule has 0 aliphatic rings. The van der Waals surface area contributed by atoms with Crippen LogP contribution in [0.25, 0.3) is 0 Å². The monoisotopic (exact) mass is 198 g/mol. The molecule has 1 heterocycles. The lowest BCUT2D eigenvalue weighted by Gasteiger charge is -2.29. The zero-order valence-electron chi connectivity index (χ0n) is 8.58. The van der Waals surface area contributed by atoms with Crippen LogP contribution in [0.1, 0.15) is 32.8 Å². The van der Waals surface area contributed by atoms with Gasteiger partial charge in [0.05, 0.1) is 6.10 Å². The van der Waals surface area contributed by atoms with Gasteiger partial charge in [-0.2, -0.15) is 11.3 Å². The summed E-state index contributed by atoms with van der Waals surface area (Å²) in [6, 6.07) is 2.08. The molecule has 1 nitrogen and oxygen atoms in total. The van der Waals surface area contributed by atoms with Crippen LogP contribution in [-0.4, -0.2) is 11.2 Å². The molecule has 1 aromatic heterocycles. The van der Waals surface area contributed by atoms with E-state index in [1.165, 1.54) is 5.56 Å². The Morgan fingerprint density at radius 1 is 1.54 bits per heavy atom. The van der Waals surface area contributed by atoms with Crippen molar-refractivity contribution in [2.45, 2.75) is 39.7 Å². The highest BCUT2D eigenvalue weighted by Crippen LogP contribution is 2.27. The summed E-state index contributed by atoms with van der Waals surface area (Å²) in [7, 11) is 0. The van der Waals surface area contributed by atoms with Crippen molar-refractivity contribution in [3.8, 4) is 0 Å². The van der Waals surface area contributed by atoms with Crippen LogP contribution in [0, 0.1) is 5.41 Å². The van der Waals surface area contributed by atoms with E-state index in [2.05, 4.69) is 37.6 Å². The number of aliphatic hydroxyl groups excluding tert-OH is 1. The van der Waals surface area contributed by atoms with Crippen molar-refractivity contribution < 1.29 is 5.11 Å². The number of thiophene rings is 1. The quantitative estimate of drug-likeness (QED) is 0.788. The first-order valence-electron chi connectivity index (χ1n) is 4.75. The van der Waals surface area contributed by atoms with Gasteiger partial charge >= 0.3 is 0 Å². The first kappa shape index (κ1) is 10.7. The third-order valence-corrected chi connectivity index (χ3v) is 3.55. The van der Waals surface area contributed by atoms with Crippen molar-refractivity contribution in [1.82, 2.24) is 0 Å². The summed E-state index contributed by atoms with van der Waals surface area (Å²) in [5.74, 6) is 0. The molecular weight excluding hydrogens is 180 g/mol. The highest BCUT2D eigenvalue weighted by Gasteiger charge is 2.25. The molecule has 0 saturated carbocycles. The Labute approximate surface area is 84.4 Å². The second-order valence-corrected chi connectivity index (χ2v) is 4.97. The Morgan fingerprint density at radius 2 is 2.23 bits per heavy atom. The number of hydrogen-bond donors (Lipinski definition) is 1. The first-order chi connectivity index (χ1) is 6.06. The smallest absolute Gasteiger partial charge is 0.0631 e. The molecule has 0 saturated heterocycles. The molecule has 0 bridgehead atoms. The fourth-order valence-electron chi connectivity index (χ4n) is 1.14. The van der Waals surface area contributed by atoms with Crippen LogP contribution < -0.4 is 0 Å². The largest absolute Gasteiger partial charge is 0.392 e. The van der Waals surface area contributed by atoms with E-state index in [1.54, 1.807) is 11.3 Å². The molecular formula is C11H18OS. The van der Waals surface area contributed by atoms with Gasteiger partial charge in [-0.25, -0.2) is 0 Å². The van der Waals surface area contributed by atoms with Crippen LogP contribution >= 0.6 is 11.3 Å². The van der Waals surface area contributed by atoms with Crippen LogP contribution in [0.2, 0.25) is 0 Å². The van der Waals surface area contributed by atoms with Crippen molar-refractivity contribution in [3.05, 3.63) is 22.4 Å². The fourth-order valence-corrected chi connectivity index (χ4v) is 1.83. The highest BCUT2D eigenvalue weighted by atomic mass is 32.1. The van der Waals surface area contributed by atoms with Gasteiger partial charge in [0.1, 0.15) is 0 Å². The Bertz CT molecular complexity index is 239. The van der Waals surface area contributed by atoms with Crippen LogP contribution in [-0.2, 0) is 6.42 Å². The molecule has 2 heteroatoms. The Balaban J connectivity index is 2.55. The maximum atomic E-state index is 9.95. The van der Waals surface area contributed by atoms with Crippen molar-refractivity contribution in [3.63, 3.8) is 0 Å². The summed E-state index contributed by atoms with van der Waals surface area (Å²) in [4.78, 5) is 0. The van der Waals surface area contributed by atoms with Crippen molar-refractivity contribution >= 4 is 11.3 Å². The topological polar surface area (TPSA) is 20.2 Å². The van der Waals surface area contributed by atoms with E-state index in [-0.39, 0.29) is 11.5 Å². The molecule has 0 spiro atoms. The predicted molar refractivity (Wildman–Crippen MR) is 58.1 cm³/mol. The SMILES string of the molecule is CCC(C)(C)C(O)Cc1ccsc1. The normalized spacial score (nSPS) is 14.5. The van der Waals surface area contributed by atoms with Crippen LogP contribution in [0.4, 0.5) is 0 Å². The molecule has 0 aliphatic carbocycles. The third kappa shape index (κ3) is 2.82. The van der Waals surface area contributed by atoms with Crippen LogP contribution in [0.3, 0.4) is 0 Å². The first-order valence-corrected chi connectivity index (χ1v) is 5.69. The van der Waals surface area contributed by atoms with E-state index < -0.39 is 0 Å². The van der Waals surface area contributed by atoms with E-state index in [4.69, 9.17) is 0 Å². The van der Waals surface area contributed by atoms with Gasteiger partial charge in [0.2, 0.25) is 0 Å². The summed E-state index contributed by atoms with van der Waals surface area (Å²) < 4.78 is 0. The Morgan fingerprint density at radius 3 is 2.69 bits per heavy atom. The average Bonchev–Trinajstić information content (AvgIpc) is 2.57. The predicted octanol–water partition coefficient (Wildman–Crippen LogP) is 3.09. The van der Waals surface area contributed by atoms with Crippen LogP contribution in [0.5, 0.6) is 0 Å². The lowest BCUT2D eigenvalue weighted by atomic mass is 9.81. The average molecular weight is 198 g/mol. The van der Waals surface area contributed by atoms with E-state index in [0.29, 0.717) is 0 Å². The Hall–Kier alpha value is -0.340. The molecule has 0 fully saturated rings. The van der Waals surface area contributed by atoms with E-state index in [1.807, 2.05) is 0 Å². The maximum Gasteiger partial charge on any atom is 0.0631 e. The highest BCUT2D eigenvalue weighted by molar-refractivity contribution is 7.07. The minimum Gasteiger partial charge on any atom is -0.392 e. The Kier molecular flexibility index (Phi) is 3.51. The molecule has 13 heavy (non-hydrogen) atoms. The molecule has 0 aromatic carbocycles. The lowest BCUT2D eigenvalue weighted by molar-refractivity contribution is 0.0480. The zero-order chi connectivity index (χ0) is 9.90. The summed E-state index contributed by atoms with van der Waals surface area (Å²) >= 11 is 1.69. The van der Waals surface area contributed by atoms with Gasteiger partial charge in [0.25, 0.3) is 0 Å². The van der Waals surface area contributed by atoms with Gasteiger partial charge in [-0.3, -0.25) is 0 Å². The van der Waals surface area contributed by atoms with Gasteiger partial charge in [0, 0.05) is 0 Å². The molecule has 0 radical (unpaired) electrons. The lowest BCUT2D eigenvalue weighted by Crippen LogP contribution is -2.30. The maximum absolute atomic E-state index is 9.95. The summed E-state index contributed by atoms with van der Waals surface area (Å²) in [5, 5.41) is 14.1. The molecule has 1 N–H and O–H groups in total. The number of rotatable bonds is 4. The van der Waals surface area contributed by atoms with Crippen LogP contribution in [0.15, 0.2) is 16.8 Å². The molecule has 0 aliphatic heterocycles. The molecule has 1 atom stereocenters. The van der Waals surface area contributed by atoms with Gasteiger partial charge < -0.3 is 5.11 Å². The van der Waals surface area contributed by atoms with Gasteiger partial charge in [-0.15, -0.1) is 0 Å². The second-order valence-electron chi connectivity index (χ2n) is 4.19. The third-order valence-electron chi connectivity index (χ3n) is 2.82. The van der Waals surface area contributed by atoms with Gasteiger partial charge in [-0.05, 0) is 40.6 Å². The van der Waals surface area contributed by atoms with E-state index >= 15 is 0 Å². The minimum atomic E-state index is -0.230. The standard InChI is InChI=1S/C11H18OS/c1-4-11(2,3)10(12)7-9-5-6-13-8-9/h5-6,8,10,12H,4,7H2,1-3H3. The molecule has 1 unspecified atom stereocenters. The zero-order valence-corrected chi connectivity index (χ0v) is 9.40. The molecule has 1 aromatic rings. The van der Waals surface area contributed by atoms with Gasteiger partial charge in [-0.1, -0.05) is 20.8 Å². The minimum absolute atomic E-state index is 0.0297. The van der Waals surface area contributed by atoms with Crippen molar-refractivity contribution in [2.24, 2.45) is 5.41 Å². The van der Waals surface area contributed by atoms with Crippen molar-refractivity contribution in [2.75, 3.05) is 0 Å². The second kappa shape index (κ2) is 4.25. The summed E-state index contributed by atoms with van der Waals surface area (Å²) in [6.07, 6.45) is 1.56. The fraction of sp³-hybridized carbons (Fsp3) is 0.636. The van der Waals surface area contributed by atoms with Crippen molar-refractivity contribution in [1.29, 1.82) is 0 Å². The van der Waals surface area contributed by atoms with E-state index in [0.717, 1.165) is 12.8 Å².